The Bertz CT molecular complexity index is 686. The predicted molar refractivity (Wildman–Crippen MR) is 67.3 cm³/mol. The van der Waals surface area contributed by atoms with E-state index in [1.165, 1.54) is 6.20 Å². The molecule has 0 aliphatic rings. The number of hydrogen-bond acceptors (Lipinski definition) is 6. The number of aryl methyl sites for hydroxylation is 1. The minimum Gasteiger partial charge on any atom is -0.360 e. The highest BCUT2D eigenvalue weighted by Gasteiger charge is 2.05. The van der Waals surface area contributed by atoms with Crippen LogP contribution in [0.4, 0.5) is 5.69 Å². The van der Waals surface area contributed by atoms with Crippen LogP contribution >= 0.6 is 0 Å². The minimum atomic E-state index is 0.211. The third-order valence-electron chi connectivity index (χ3n) is 2.45. The average molecular weight is 251 g/mol. The third kappa shape index (κ3) is 2.73. The molecule has 0 aliphatic heterocycles. The second kappa shape index (κ2) is 5.43. The lowest BCUT2D eigenvalue weighted by Gasteiger charge is -2.03. The number of hydrogen-bond donors (Lipinski definition) is 2. The third-order valence-corrected chi connectivity index (χ3v) is 2.45. The summed E-state index contributed by atoms with van der Waals surface area (Å²) in [6, 6.07) is 9.41. The molecule has 19 heavy (non-hydrogen) atoms. The largest absolute Gasteiger partial charge is 0.360 e. The van der Waals surface area contributed by atoms with Crippen molar-refractivity contribution in [3.63, 3.8) is 0 Å². The quantitative estimate of drug-likeness (QED) is 0.796. The van der Waals surface area contributed by atoms with Crippen LogP contribution in [-0.2, 0) is 0 Å². The van der Waals surface area contributed by atoms with Gasteiger partial charge in [0.1, 0.15) is 11.6 Å². The molecule has 2 N–H and O–H groups in total. The van der Waals surface area contributed by atoms with Gasteiger partial charge in [-0.3, -0.25) is 0 Å². The highest BCUT2D eigenvalue weighted by Crippen LogP contribution is 2.15. The zero-order valence-corrected chi connectivity index (χ0v) is 10.0. The first-order valence-corrected chi connectivity index (χ1v) is 5.36. The van der Waals surface area contributed by atoms with Crippen LogP contribution in [0.25, 0.3) is 5.57 Å². The van der Waals surface area contributed by atoms with E-state index >= 15 is 0 Å². The molecule has 7 nitrogen and oxygen atoms in total. The molecule has 1 aromatic carbocycles. The van der Waals surface area contributed by atoms with Crippen molar-refractivity contribution in [2.45, 2.75) is 6.92 Å². The minimum absolute atomic E-state index is 0.211. The van der Waals surface area contributed by atoms with Crippen molar-refractivity contribution < 1.29 is 0 Å². The van der Waals surface area contributed by atoms with Gasteiger partial charge in [0.25, 0.3) is 0 Å². The molecule has 0 radical (unpaired) electrons. The molecular weight excluding hydrogens is 242 g/mol. The van der Waals surface area contributed by atoms with Gasteiger partial charge in [0.2, 0.25) is 5.82 Å². The topological polar surface area (TPSA) is 114 Å². The second-order valence-electron chi connectivity index (χ2n) is 3.69. The van der Waals surface area contributed by atoms with Crippen molar-refractivity contribution in [1.29, 1.82) is 10.5 Å². The van der Waals surface area contributed by atoms with Crippen LogP contribution in [0.1, 0.15) is 17.0 Å². The summed E-state index contributed by atoms with van der Waals surface area (Å²) >= 11 is 0. The molecule has 0 unspecified atom stereocenters. The Kier molecular flexibility index (Phi) is 3.51. The first-order chi connectivity index (χ1) is 9.24. The maximum absolute atomic E-state index is 8.99. The van der Waals surface area contributed by atoms with E-state index < -0.39 is 0 Å². The first-order valence-electron chi connectivity index (χ1n) is 5.36. The Labute approximate surface area is 109 Å². The Morgan fingerprint density at radius 3 is 2.89 bits per heavy atom. The molecule has 1 heterocycles. The van der Waals surface area contributed by atoms with E-state index in [0.29, 0.717) is 11.3 Å². The summed E-state index contributed by atoms with van der Waals surface area (Å²) in [6.45, 7) is 1.86. The standard InChI is InChI=1S/C12H9N7/c1-8-2-3-11(4-9(8)5-13)15-7-10(6-14)12-16-18-19-17-12/h2-4,7,15H,1H3,(H,16,17,18,19). The summed E-state index contributed by atoms with van der Waals surface area (Å²) in [5.41, 5.74) is 2.43. The maximum atomic E-state index is 8.99. The molecule has 0 saturated heterocycles. The zero-order valence-electron chi connectivity index (χ0n) is 10.0. The normalized spacial score (nSPS) is 10.6. The molecule has 92 valence electrons. The molecule has 2 aromatic rings. The molecule has 0 atom stereocenters. The van der Waals surface area contributed by atoms with Gasteiger partial charge < -0.3 is 5.32 Å². The van der Waals surface area contributed by atoms with E-state index in [0.717, 1.165) is 5.56 Å². The van der Waals surface area contributed by atoms with E-state index in [1.54, 1.807) is 6.07 Å². The first kappa shape index (κ1) is 12.3. The number of H-pyrrole nitrogens is 1. The van der Waals surface area contributed by atoms with Gasteiger partial charge in [-0.15, -0.1) is 10.2 Å². The van der Waals surface area contributed by atoms with Crippen LogP contribution in [0.2, 0.25) is 0 Å². The Balaban J connectivity index is 2.23. The SMILES string of the molecule is Cc1ccc(NC=C(C#N)c2nn[nH]n2)cc1C#N. The van der Waals surface area contributed by atoms with Gasteiger partial charge in [0.05, 0.1) is 11.6 Å². The lowest BCUT2D eigenvalue weighted by atomic mass is 10.1. The number of allylic oxidation sites excluding steroid dienone is 1. The number of nitrogens with zero attached hydrogens (tertiary/aromatic N) is 5. The van der Waals surface area contributed by atoms with Crippen molar-refractivity contribution in [2.75, 3.05) is 5.32 Å². The highest BCUT2D eigenvalue weighted by molar-refractivity contribution is 5.74. The van der Waals surface area contributed by atoms with Crippen LogP contribution in [-0.4, -0.2) is 20.6 Å². The molecule has 0 spiro atoms. The fourth-order valence-electron chi connectivity index (χ4n) is 1.41. The van der Waals surface area contributed by atoms with E-state index in [1.807, 2.05) is 25.1 Å². The number of rotatable bonds is 3. The number of aromatic amines is 1. The number of tetrazole rings is 1. The number of aromatic nitrogens is 4. The number of benzene rings is 1. The number of anilines is 1. The van der Waals surface area contributed by atoms with Gasteiger partial charge in [0.15, 0.2) is 0 Å². The molecule has 7 heteroatoms. The van der Waals surface area contributed by atoms with Gasteiger partial charge in [-0.25, -0.2) is 0 Å². The Hall–Kier alpha value is -3.19. The van der Waals surface area contributed by atoms with Crippen molar-refractivity contribution in [3.8, 4) is 12.1 Å². The van der Waals surface area contributed by atoms with Crippen LogP contribution in [0.5, 0.6) is 0 Å². The van der Waals surface area contributed by atoms with Gasteiger partial charge in [-0.1, -0.05) is 6.07 Å². The summed E-state index contributed by atoms with van der Waals surface area (Å²) in [5.74, 6) is 0.211. The van der Waals surface area contributed by atoms with Gasteiger partial charge in [-0.2, -0.15) is 15.7 Å². The van der Waals surface area contributed by atoms with Gasteiger partial charge in [-0.05, 0) is 29.8 Å². The molecule has 0 saturated carbocycles. The van der Waals surface area contributed by atoms with Gasteiger partial charge in [0, 0.05) is 11.9 Å². The molecule has 0 amide bonds. The van der Waals surface area contributed by atoms with E-state index in [4.69, 9.17) is 10.5 Å². The number of nitriles is 2. The van der Waals surface area contributed by atoms with E-state index in [9.17, 15) is 0 Å². The van der Waals surface area contributed by atoms with Crippen molar-refractivity contribution in [3.05, 3.63) is 41.4 Å². The lowest BCUT2D eigenvalue weighted by molar-refractivity contribution is 0.881. The highest BCUT2D eigenvalue weighted by atomic mass is 15.5. The molecule has 1 aromatic heterocycles. The van der Waals surface area contributed by atoms with Crippen molar-refractivity contribution >= 4 is 11.3 Å². The van der Waals surface area contributed by atoms with Gasteiger partial charge >= 0.3 is 0 Å². The molecule has 0 fully saturated rings. The zero-order chi connectivity index (χ0) is 13.7. The Morgan fingerprint density at radius 1 is 1.42 bits per heavy atom. The van der Waals surface area contributed by atoms with Crippen molar-refractivity contribution in [1.82, 2.24) is 20.6 Å². The fraction of sp³-hybridized carbons (Fsp3) is 0.0833. The van der Waals surface area contributed by atoms with Crippen LogP contribution < -0.4 is 5.32 Å². The van der Waals surface area contributed by atoms with Crippen molar-refractivity contribution in [2.24, 2.45) is 0 Å². The van der Waals surface area contributed by atoms with Crippen LogP contribution in [0.3, 0.4) is 0 Å². The summed E-state index contributed by atoms with van der Waals surface area (Å²) < 4.78 is 0. The summed E-state index contributed by atoms with van der Waals surface area (Å²) in [6.07, 6.45) is 1.47. The smallest absolute Gasteiger partial charge is 0.216 e. The summed E-state index contributed by atoms with van der Waals surface area (Å²) in [5, 5.41) is 34.0. The summed E-state index contributed by atoms with van der Waals surface area (Å²) in [7, 11) is 0. The fourth-order valence-corrected chi connectivity index (χ4v) is 1.41. The van der Waals surface area contributed by atoms with E-state index in [2.05, 4.69) is 32.0 Å². The maximum Gasteiger partial charge on any atom is 0.216 e. The predicted octanol–water partition coefficient (Wildman–Crippen LogP) is 1.36. The summed E-state index contributed by atoms with van der Waals surface area (Å²) in [4.78, 5) is 0. The molecule has 0 aliphatic carbocycles. The Morgan fingerprint density at radius 2 is 2.26 bits per heavy atom. The lowest BCUT2D eigenvalue weighted by Crippen LogP contribution is -1.94. The monoisotopic (exact) mass is 251 g/mol. The average Bonchev–Trinajstić information content (AvgIpc) is 2.95. The van der Waals surface area contributed by atoms with E-state index in [-0.39, 0.29) is 11.4 Å². The van der Waals surface area contributed by atoms with Crippen LogP contribution in [0, 0.1) is 29.6 Å². The van der Waals surface area contributed by atoms with Crippen LogP contribution in [0.15, 0.2) is 24.4 Å². The number of nitrogens with one attached hydrogen (secondary N) is 2. The molecule has 0 bridgehead atoms. The second-order valence-corrected chi connectivity index (χ2v) is 3.69. The molecule has 2 rings (SSSR count). The molecular formula is C12H9N7.